The number of benzene rings is 2. The van der Waals surface area contributed by atoms with E-state index in [-0.39, 0.29) is 34.3 Å². The zero-order valence-electron chi connectivity index (χ0n) is 19.8. The molecule has 194 valence electrons. The molecule has 9 nitrogen and oxygen atoms in total. The Bertz CT molecular complexity index is 1140. The molecule has 11 heteroatoms. The van der Waals surface area contributed by atoms with Crippen molar-refractivity contribution in [2.45, 2.75) is 31.0 Å². The van der Waals surface area contributed by atoms with Crippen molar-refractivity contribution >= 4 is 35.1 Å². The summed E-state index contributed by atoms with van der Waals surface area (Å²) in [5, 5.41) is 22.8. The highest BCUT2D eigenvalue weighted by Crippen LogP contribution is 2.42. The molecule has 0 saturated carbocycles. The van der Waals surface area contributed by atoms with Crippen LogP contribution in [0.15, 0.2) is 30.3 Å². The standard InChI is InChI=1S/C25H28Cl2N2O7/c1-28-24(33)18-9-19(27)22(35-14-23(31)32)10-21(18)34-13-17(30)12-29-6-4-25(5-7-29)11-15-8-16(26)2-3-20(15)36-25/h2-3,8-10,17,30H,4-7,11-14H2,1H3,(H,28,33)(H,31,32)/t17-/m1/s1. The van der Waals surface area contributed by atoms with E-state index in [0.717, 1.165) is 43.7 Å². The highest BCUT2D eigenvalue weighted by molar-refractivity contribution is 6.32. The average molecular weight is 539 g/mol. The van der Waals surface area contributed by atoms with Crippen LogP contribution in [0.2, 0.25) is 10.0 Å². The van der Waals surface area contributed by atoms with Gasteiger partial charge in [-0.05, 0) is 29.8 Å². The fourth-order valence-corrected chi connectivity index (χ4v) is 4.99. The van der Waals surface area contributed by atoms with Crippen LogP contribution in [-0.4, -0.2) is 78.6 Å². The van der Waals surface area contributed by atoms with E-state index in [2.05, 4.69) is 10.2 Å². The maximum absolute atomic E-state index is 12.3. The Kier molecular flexibility index (Phi) is 8.14. The number of hydrogen-bond donors (Lipinski definition) is 3. The van der Waals surface area contributed by atoms with Crippen molar-refractivity contribution in [3.05, 3.63) is 51.5 Å². The third kappa shape index (κ3) is 6.15. The van der Waals surface area contributed by atoms with Gasteiger partial charge in [-0.15, -0.1) is 0 Å². The third-order valence-electron chi connectivity index (χ3n) is 6.39. The van der Waals surface area contributed by atoms with Crippen LogP contribution in [-0.2, 0) is 11.2 Å². The average Bonchev–Trinajstić information content (AvgIpc) is 3.20. The first-order valence-corrected chi connectivity index (χ1v) is 12.3. The normalized spacial score (nSPS) is 17.2. The molecule has 2 heterocycles. The molecular formula is C25H28Cl2N2O7. The minimum Gasteiger partial charge on any atom is -0.490 e. The predicted octanol–water partition coefficient (Wildman–Crippen LogP) is 3.03. The first-order valence-electron chi connectivity index (χ1n) is 11.6. The number of carbonyl (C=O) groups is 2. The summed E-state index contributed by atoms with van der Waals surface area (Å²) in [6.45, 7) is 1.23. The maximum atomic E-state index is 12.3. The van der Waals surface area contributed by atoms with E-state index in [4.69, 9.17) is 42.5 Å². The number of amides is 1. The van der Waals surface area contributed by atoms with E-state index in [0.29, 0.717) is 11.6 Å². The van der Waals surface area contributed by atoms with Crippen molar-refractivity contribution < 1.29 is 34.0 Å². The summed E-state index contributed by atoms with van der Waals surface area (Å²) in [6, 6.07) is 8.41. The number of carboxylic acids is 1. The van der Waals surface area contributed by atoms with Gasteiger partial charge < -0.3 is 34.6 Å². The Labute approximate surface area is 218 Å². The number of nitrogens with one attached hydrogen (secondary N) is 1. The molecule has 1 amide bonds. The maximum Gasteiger partial charge on any atom is 0.341 e. The van der Waals surface area contributed by atoms with Gasteiger partial charge >= 0.3 is 5.97 Å². The molecule has 1 fully saturated rings. The zero-order chi connectivity index (χ0) is 25.9. The molecule has 2 aliphatic rings. The van der Waals surface area contributed by atoms with Crippen LogP contribution in [0.4, 0.5) is 0 Å². The molecule has 0 bridgehead atoms. The number of carbonyl (C=O) groups excluding carboxylic acids is 1. The molecule has 4 rings (SSSR count). The molecule has 1 saturated heterocycles. The number of carboxylic acid groups (broad SMARTS) is 1. The predicted molar refractivity (Wildman–Crippen MR) is 134 cm³/mol. The molecule has 3 N–H and O–H groups in total. The van der Waals surface area contributed by atoms with Crippen molar-refractivity contribution in [1.82, 2.24) is 10.2 Å². The molecule has 2 aromatic carbocycles. The van der Waals surface area contributed by atoms with Crippen molar-refractivity contribution in [2.24, 2.45) is 0 Å². The van der Waals surface area contributed by atoms with Gasteiger partial charge in [-0.2, -0.15) is 0 Å². The van der Waals surface area contributed by atoms with Gasteiger partial charge in [0.15, 0.2) is 6.61 Å². The summed E-state index contributed by atoms with van der Waals surface area (Å²) in [6.07, 6.45) is 1.66. The summed E-state index contributed by atoms with van der Waals surface area (Å²) >= 11 is 12.3. The van der Waals surface area contributed by atoms with Gasteiger partial charge in [0.1, 0.15) is 35.6 Å². The van der Waals surface area contributed by atoms with E-state index >= 15 is 0 Å². The lowest BCUT2D eigenvalue weighted by Crippen LogP contribution is -2.49. The molecule has 36 heavy (non-hydrogen) atoms. The van der Waals surface area contributed by atoms with Gasteiger partial charge in [0, 0.05) is 57.0 Å². The molecule has 0 radical (unpaired) electrons. The Hall–Kier alpha value is -2.72. The van der Waals surface area contributed by atoms with E-state index in [1.54, 1.807) is 0 Å². The number of aliphatic hydroxyl groups is 1. The van der Waals surface area contributed by atoms with Crippen LogP contribution in [0, 0.1) is 0 Å². The molecule has 2 aliphatic heterocycles. The quantitative estimate of drug-likeness (QED) is 0.446. The lowest BCUT2D eigenvalue weighted by Gasteiger charge is -2.39. The van der Waals surface area contributed by atoms with Crippen molar-refractivity contribution in [3.8, 4) is 17.2 Å². The topological polar surface area (TPSA) is 118 Å². The fraction of sp³-hybridized carbons (Fsp3) is 0.440. The van der Waals surface area contributed by atoms with Gasteiger partial charge in [0.25, 0.3) is 5.91 Å². The van der Waals surface area contributed by atoms with Crippen LogP contribution < -0.4 is 19.5 Å². The molecule has 2 aromatic rings. The van der Waals surface area contributed by atoms with E-state index < -0.39 is 24.6 Å². The summed E-state index contributed by atoms with van der Waals surface area (Å²) < 4.78 is 17.2. The largest absolute Gasteiger partial charge is 0.490 e. The van der Waals surface area contributed by atoms with Gasteiger partial charge in [0.05, 0.1) is 10.6 Å². The Morgan fingerprint density at radius 3 is 2.61 bits per heavy atom. The number of rotatable bonds is 9. The summed E-state index contributed by atoms with van der Waals surface area (Å²) in [4.78, 5) is 25.3. The third-order valence-corrected chi connectivity index (χ3v) is 6.92. The SMILES string of the molecule is CNC(=O)c1cc(Cl)c(OCC(=O)O)cc1OC[C@H](O)CN1CCC2(CC1)Cc1cc(Cl)ccc1O2. The van der Waals surface area contributed by atoms with Gasteiger partial charge in [-0.1, -0.05) is 23.2 Å². The minimum atomic E-state index is -1.17. The van der Waals surface area contributed by atoms with Crippen LogP contribution >= 0.6 is 23.2 Å². The van der Waals surface area contributed by atoms with Crippen LogP contribution in [0.25, 0.3) is 0 Å². The second-order valence-electron chi connectivity index (χ2n) is 9.02. The molecule has 1 atom stereocenters. The molecule has 1 spiro atoms. The first-order chi connectivity index (χ1) is 17.2. The van der Waals surface area contributed by atoms with Crippen LogP contribution in [0.3, 0.4) is 0 Å². The van der Waals surface area contributed by atoms with Crippen LogP contribution in [0.5, 0.6) is 17.2 Å². The summed E-state index contributed by atoms with van der Waals surface area (Å²) in [5.41, 5.74) is 1.05. The van der Waals surface area contributed by atoms with E-state index in [1.807, 2.05) is 18.2 Å². The van der Waals surface area contributed by atoms with E-state index in [9.17, 15) is 14.7 Å². The van der Waals surface area contributed by atoms with Crippen molar-refractivity contribution in [2.75, 3.05) is 39.9 Å². The lowest BCUT2D eigenvalue weighted by atomic mass is 9.87. The summed E-state index contributed by atoms with van der Waals surface area (Å²) in [5.74, 6) is -0.518. The number of hydrogen-bond acceptors (Lipinski definition) is 7. The van der Waals surface area contributed by atoms with Gasteiger partial charge in [0.2, 0.25) is 0 Å². The number of aliphatic carboxylic acids is 1. The smallest absolute Gasteiger partial charge is 0.341 e. The lowest BCUT2D eigenvalue weighted by molar-refractivity contribution is -0.139. The Balaban J connectivity index is 1.33. The molecule has 0 unspecified atom stereocenters. The van der Waals surface area contributed by atoms with Crippen LogP contribution in [0.1, 0.15) is 28.8 Å². The molecular weight excluding hydrogens is 511 g/mol. The number of halogens is 2. The highest BCUT2D eigenvalue weighted by Gasteiger charge is 2.42. The number of ether oxygens (including phenoxy) is 3. The molecule has 0 aromatic heterocycles. The van der Waals surface area contributed by atoms with E-state index in [1.165, 1.54) is 19.2 Å². The number of piperidine rings is 1. The monoisotopic (exact) mass is 538 g/mol. The second kappa shape index (κ2) is 11.1. The zero-order valence-corrected chi connectivity index (χ0v) is 21.3. The first kappa shape index (κ1) is 26.3. The Morgan fingerprint density at radius 1 is 1.17 bits per heavy atom. The fourth-order valence-electron chi connectivity index (χ4n) is 4.58. The number of β-amino-alcohol motifs (C(OH)–C–C–N with tert-alkyl or cyclic N) is 1. The van der Waals surface area contributed by atoms with Crippen molar-refractivity contribution in [1.29, 1.82) is 0 Å². The Morgan fingerprint density at radius 2 is 1.92 bits per heavy atom. The number of likely N-dealkylation sites (tertiary alicyclic amines) is 1. The number of fused-ring (bicyclic) bond motifs is 1. The van der Waals surface area contributed by atoms with Gasteiger partial charge in [-0.3, -0.25) is 4.79 Å². The highest BCUT2D eigenvalue weighted by atomic mass is 35.5. The second-order valence-corrected chi connectivity index (χ2v) is 9.86. The number of aliphatic hydroxyl groups excluding tert-OH is 1. The summed E-state index contributed by atoms with van der Waals surface area (Å²) in [7, 11) is 1.47. The minimum absolute atomic E-state index is 0.0661. The van der Waals surface area contributed by atoms with Gasteiger partial charge in [-0.25, -0.2) is 4.79 Å². The number of nitrogens with zero attached hydrogens (tertiary/aromatic N) is 1. The van der Waals surface area contributed by atoms with Crippen molar-refractivity contribution in [3.63, 3.8) is 0 Å². The molecule has 0 aliphatic carbocycles.